The molecule has 192 valence electrons. The Bertz CT molecular complexity index is 597. The minimum absolute atomic E-state index is 0.0333. The highest BCUT2D eigenvalue weighted by Crippen LogP contribution is 2.29. The summed E-state index contributed by atoms with van der Waals surface area (Å²) in [6, 6.07) is 0. The molecule has 0 radical (unpaired) electrons. The molecule has 0 aromatic rings. The van der Waals surface area contributed by atoms with Gasteiger partial charge in [0.1, 0.15) is 0 Å². The Morgan fingerprint density at radius 2 is 1.30 bits per heavy atom. The number of aliphatic hydroxyl groups excluding tert-OH is 1. The average Bonchev–Trinajstić information content (AvgIpc) is 2.79. The zero-order chi connectivity index (χ0) is 24.3. The standard InChI is InChI=1S/C28H50O5/c1-27(2,21-29)19-7-5-11-22-13-9-15-24(32-22)17-18-25-16-10-14-23(33-25)12-6-8-20-28(3,4)26(30)31/h17-18,22-25,29H,5-16,19-21H2,1-4H3,(H,30,31). The molecule has 0 aliphatic carbocycles. The molecule has 0 spiro atoms. The van der Waals surface area contributed by atoms with Gasteiger partial charge in [-0.15, -0.1) is 0 Å². The molecule has 4 unspecified atom stereocenters. The monoisotopic (exact) mass is 466 g/mol. The van der Waals surface area contributed by atoms with E-state index in [0.29, 0.717) is 12.2 Å². The summed E-state index contributed by atoms with van der Waals surface area (Å²) < 4.78 is 12.7. The second-order valence-corrected chi connectivity index (χ2v) is 11.8. The molecule has 0 bridgehead atoms. The van der Waals surface area contributed by atoms with Crippen molar-refractivity contribution in [2.75, 3.05) is 6.61 Å². The predicted molar refractivity (Wildman–Crippen MR) is 133 cm³/mol. The molecular formula is C28H50O5. The van der Waals surface area contributed by atoms with Crippen LogP contribution >= 0.6 is 0 Å². The first-order valence-corrected chi connectivity index (χ1v) is 13.4. The van der Waals surface area contributed by atoms with Gasteiger partial charge in [-0.05, 0) is 83.5 Å². The molecule has 2 N–H and O–H groups in total. The first kappa shape index (κ1) is 28.3. The van der Waals surface area contributed by atoms with Crippen molar-refractivity contribution in [1.29, 1.82) is 0 Å². The zero-order valence-electron chi connectivity index (χ0n) is 21.7. The maximum Gasteiger partial charge on any atom is 0.309 e. The highest BCUT2D eigenvalue weighted by Gasteiger charge is 2.27. The molecule has 2 aliphatic heterocycles. The lowest BCUT2D eigenvalue weighted by atomic mass is 9.86. The van der Waals surface area contributed by atoms with E-state index in [9.17, 15) is 15.0 Å². The topological polar surface area (TPSA) is 76.0 Å². The Hall–Kier alpha value is -0.910. The molecule has 0 aromatic carbocycles. The molecule has 2 heterocycles. The summed E-state index contributed by atoms with van der Waals surface area (Å²) >= 11 is 0. The Labute approximate surface area is 202 Å². The van der Waals surface area contributed by atoms with E-state index in [4.69, 9.17) is 9.47 Å². The molecule has 2 aliphatic rings. The third kappa shape index (κ3) is 10.9. The van der Waals surface area contributed by atoms with Gasteiger partial charge in [0.15, 0.2) is 0 Å². The summed E-state index contributed by atoms with van der Waals surface area (Å²) in [6.07, 6.45) is 20.6. The molecule has 5 heteroatoms. The highest BCUT2D eigenvalue weighted by molar-refractivity contribution is 5.73. The van der Waals surface area contributed by atoms with Crippen molar-refractivity contribution in [2.24, 2.45) is 10.8 Å². The molecule has 0 amide bonds. The lowest BCUT2D eigenvalue weighted by Crippen LogP contribution is -2.29. The maximum absolute atomic E-state index is 11.2. The van der Waals surface area contributed by atoms with Crippen LogP contribution in [0, 0.1) is 10.8 Å². The molecule has 4 atom stereocenters. The average molecular weight is 467 g/mol. The summed E-state index contributed by atoms with van der Waals surface area (Å²) in [4.78, 5) is 11.2. The normalized spacial score (nSPS) is 27.2. The number of aliphatic carboxylic acids is 1. The van der Waals surface area contributed by atoms with Crippen LogP contribution in [0.4, 0.5) is 0 Å². The van der Waals surface area contributed by atoms with Crippen LogP contribution in [0.15, 0.2) is 12.2 Å². The molecule has 33 heavy (non-hydrogen) atoms. The van der Waals surface area contributed by atoms with E-state index in [1.165, 1.54) is 19.3 Å². The van der Waals surface area contributed by atoms with E-state index in [2.05, 4.69) is 26.0 Å². The van der Waals surface area contributed by atoms with Gasteiger partial charge < -0.3 is 19.7 Å². The summed E-state index contributed by atoms with van der Waals surface area (Å²) in [5.41, 5.74) is -0.599. The Morgan fingerprint density at radius 1 is 0.818 bits per heavy atom. The van der Waals surface area contributed by atoms with Gasteiger partial charge in [-0.25, -0.2) is 0 Å². The van der Waals surface area contributed by atoms with Crippen molar-refractivity contribution < 1.29 is 24.5 Å². The van der Waals surface area contributed by atoms with Gasteiger partial charge in [-0.3, -0.25) is 4.79 Å². The third-order valence-corrected chi connectivity index (χ3v) is 7.52. The van der Waals surface area contributed by atoms with E-state index in [1.54, 1.807) is 0 Å². The SMILES string of the molecule is CC(C)(CO)CCCCC1CCCC(C=CC2CCCC(CCCCC(C)(C)C(=O)O)O2)O1. The van der Waals surface area contributed by atoms with Crippen molar-refractivity contribution in [1.82, 2.24) is 0 Å². The van der Waals surface area contributed by atoms with Crippen LogP contribution in [0.3, 0.4) is 0 Å². The lowest BCUT2D eigenvalue weighted by Gasteiger charge is -2.31. The summed E-state index contributed by atoms with van der Waals surface area (Å²) in [5, 5.41) is 18.6. The minimum atomic E-state index is -0.709. The first-order chi connectivity index (χ1) is 15.6. The van der Waals surface area contributed by atoms with Gasteiger partial charge in [0.25, 0.3) is 0 Å². The molecule has 2 fully saturated rings. The van der Waals surface area contributed by atoms with E-state index in [0.717, 1.165) is 70.6 Å². The quantitative estimate of drug-likeness (QED) is 0.221. The van der Waals surface area contributed by atoms with Crippen LogP contribution in [0.1, 0.15) is 118 Å². The number of ether oxygens (including phenoxy) is 2. The van der Waals surface area contributed by atoms with Crippen LogP contribution in [-0.2, 0) is 14.3 Å². The van der Waals surface area contributed by atoms with Crippen molar-refractivity contribution in [3.63, 3.8) is 0 Å². The van der Waals surface area contributed by atoms with Crippen LogP contribution in [-0.4, -0.2) is 47.2 Å². The Morgan fingerprint density at radius 3 is 1.76 bits per heavy atom. The number of hydrogen-bond acceptors (Lipinski definition) is 4. The van der Waals surface area contributed by atoms with E-state index in [-0.39, 0.29) is 24.2 Å². The van der Waals surface area contributed by atoms with Gasteiger partial charge in [-0.2, -0.15) is 0 Å². The van der Waals surface area contributed by atoms with Gasteiger partial charge in [0, 0.05) is 6.61 Å². The summed E-state index contributed by atoms with van der Waals surface area (Å²) in [5.74, 6) is -0.709. The van der Waals surface area contributed by atoms with Crippen molar-refractivity contribution in [3.05, 3.63) is 12.2 Å². The molecule has 5 nitrogen and oxygen atoms in total. The Kier molecular flexibility index (Phi) is 11.9. The van der Waals surface area contributed by atoms with Gasteiger partial charge >= 0.3 is 5.97 Å². The lowest BCUT2D eigenvalue weighted by molar-refractivity contribution is -0.147. The summed E-state index contributed by atoms with van der Waals surface area (Å²) in [6.45, 7) is 8.13. The number of hydrogen-bond donors (Lipinski definition) is 2. The fourth-order valence-electron chi connectivity index (χ4n) is 4.92. The van der Waals surface area contributed by atoms with E-state index < -0.39 is 11.4 Å². The smallest absolute Gasteiger partial charge is 0.309 e. The molecular weight excluding hydrogens is 416 g/mol. The minimum Gasteiger partial charge on any atom is -0.481 e. The number of rotatable bonds is 14. The highest BCUT2D eigenvalue weighted by atomic mass is 16.5. The summed E-state index contributed by atoms with van der Waals surface area (Å²) in [7, 11) is 0. The van der Waals surface area contributed by atoms with Crippen molar-refractivity contribution >= 4 is 5.97 Å². The first-order valence-electron chi connectivity index (χ1n) is 13.4. The fourth-order valence-corrected chi connectivity index (χ4v) is 4.92. The number of carbonyl (C=O) groups is 1. The van der Waals surface area contributed by atoms with Crippen LogP contribution in [0.2, 0.25) is 0 Å². The molecule has 2 rings (SSSR count). The van der Waals surface area contributed by atoms with Crippen molar-refractivity contribution in [2.45, 2.75) is 142 Å². The maximum atomic E-state index is 11.2. The van der Waals surface area contributed by atoms with Gasteiger partial charge in [0.2, 0.25) is 0 Å². The van der Waals surface area contributed by atoms with Crippen LogP contribution in [0.5, 0.6) is 0 Å². The van der Waals surface area contributed by atoms with Crippen molar-refractivity contribution in [3.8, 4) is 0 Å². The van der Waals surface area contributed by atoms with E-state index in [1.807, 2.05) is 13.8 Å². The number of aliphatic hydroxyl groups is 1. The number of carboxylic acid groups (broad SMARTS) is 1. The predicted octanol–water partition coefficient (Wildman–Crippen LogP) is 6.67. The van der Waals surface area contributed by atoms with Crippen LogP contribution < -0.4 is 0 Å². The third-order valence-electron chi connectivity index (χ3n) is 7.52. The fraction of sp³-hybridized carbons (Fsp3) is 0.893. The molecule has 2 saturated heterocycles. The molecule has 0 aromatic heterocycles. The number of carboxylic acids is 1. The second kappa shape index (κ2) is 13.8. The van der Waals surface area contributed by atoms with Gasteiger partial charge in [0.05, 0.1) is 29.8 Å². The molecule has 0 saturated carbocycles. The Balaban J connectivity index is 1.66. The van der Waals surface area contributed by atoms with Crippen LogP contribution in [0.25, 0.3) is 0 Å². The van der Waals surface area contributed by atoms with E-state index >= 15 is 0 Å². The zero-order valence-corrected chi connectivity index (χ0v) is 21.7. The largest absolute Gasteiger partial charge is 0.481 e. The number of unbranched alkanes of at least 4 members (excludes halogenated alkanes) is 2. The second-order valence-electron chi connectivity index (χ2n) is 11.8. The van der Waals surface area contributed by atoms with Gasteiger partial charge in [-0.1, -0.05) is 51.7 Å².